The second-order valence-corrected chi connectivity index (χ2v) is 11.6. The molecule has 2 aromatic rings. The Balaban J connectivity index is 1.93. The number of carbonyl (C=O) groups excluding carboxylic acids is 1. The molecule has 0 N–H and O–H groups in total. The largest absolute Gasteiger partial charge is 0.376 e. The maximum Gasteiger partial charge on any atom is 0.228 e. The summed E-state index contributed by atoms with van der Waals surface area (Å²) in [5, 5.41) is 0.0727. The lowest BCUT2D eigenvalue weighted by Crippen LogP contribution is -2.39. The zero-order chi connectivity index (χ0) is 24.2. The molecule has 0 aliphatic carbocycles. The molecule has 1 aliphatic rings. The van der Waals surface area contributed by atoms with Crippen molar-refractivity contribution in [3.63, 3.8) is 0 Å². The Bertz CT molecular complexity index is 1050. The van der Waals surface area contributed by atoms with Gasteiger partial charge >= 0.3 is 0 Å². The molecule has 182 valence electrons. The Morgan fingerprint density at radius 1 is 1.24 bits per heavy atom. The topological polar surface area (TPSA) is 81.5 Å². The number of aryl methyl sites for hydroxylation is 1. The standard InChI is InChI=1S/C25H37N3O4S/c1-18(2)14-28-22(15-27(24(29)19(3)4)16-23-11-8-12-32-23)13-26-25(28)33(30,31)17-21-10-7-6-9-20(21)5/h6-7,9-10,13,18-19,23H,8,11-12,14-17H2,1-5H3/t23-/m0/s1. The summed E-state index contributed by atoms with van der Waals surface area (Å²) in [4.78, 5) is 19.1. The minimum Gasteiger partial charge on any atom is -0.376 e. The third kappa shape index (κ3) is 6.44. The van der Waals surface area contributed by atoms with Crippen LogP contribution in [0.25, 0.3) is 0 Å². The Labute approximate surface area is 198 Å². The van der Waals surface area contributed by atoms with Crippen LogP contribution in [-0.2, 0) is 38.2 Å². The van der Waals surface area contributed by atoms with Gasteiger partial charge in [-0.2, -0.15) is 0 Å². The van der Waals surface area contributed by atoms with Crippen molar-refractivity contribution in [2.45, 2.75) is 77.6 Å². The molecule has 7 nitrogen and oxygen atoms in total. The lowest BCUT2D eigenvalue weighted by atomic mass is 10.1. The summed E-state index contributed by atoms with van der Waals surface area (Å²) in [5.41, 5.74) is 2.45. The van der Waals surface area contributed by atoms with E-state index in [0.29, 0.717) is 19.6 Å². The van der Waals surface area contributed by atoms with Gasteiger partial charge in [0.05, 0.1) is 30.3 Å². The van der Waals surface area contributed by atoms with Crippen LogP contribution in [0, 0.1) is 18.8 Å². The van der Waals surface area contributed by atoms with Crippen LogP contribution in [0.2, 0.25) is 0 Å². The Morgan fingerprint density at radius 3 is 2.58 bits per heavy atom. The van der Waals surface area contributed by atoms with Gasteiger partial charge in [0.25, 0.3) is 0 Å². The number of hydrogen-bond acceptors (Lipinski definition) is 5. The third-order valence-corrected chi connectivity index (χ3v) is 7.51. The predicted molar refractivity (Wildman–Crippen MR) is 128 cm³/mol. The number of imidazole rings is 1. The molecule has 1 aromatic heterocycles. The van der Waals surface area contributed by atoms with E-state index in [9.17, 15) is 13.2 Å². The molecule has 0 spiro atoms. The molecule has 1 aliphatic heterocycles. The van der Waals surface area contributed by atoms with Crippen molar-refractivity contribution in [2.24, 2.45) is 11.8 Å². The van der Waals surface area contributed by atoms with Gasteiger partial charge in [-0.25, -0.2) is 13.4 Å². The van der Waals surface area contributed by atoms with E-state index >= 15 is 0 Å². The molecule has 1 fully saturated rings. The van der Waals surface area contributed by atoms with E-state index in [1.54, 1.807) is 15.7 Å². The molecule has 8 heteroatoms. The van der Waals surface area contributed by atoms with Crippen LogP contribution in [0.4, 0.5) is 0 Å². The molecule has 1 amide bonds. The fourth-order valence-corrected chi connectivity index (χ4v) is 5.80. The molecular formula is C25H37N3O4S. The summed E-state index contributed by atoms with van der Waals surface area (Å²) in [7, 11) is -3.66. The predicted octanol–water partition coefficient (Wildman–Crippen LogP) is 3.99. The highest BCUT2D eigenvalue weighted by Gasteiger charge is 2.29. The van der Waals surface area contributed by atoms with Crippen molar-refractivity contribution in [1.82, 2.24) is 14.5 Å². The summed E-state index contributed by atoms with van der Waals surface area (Å²) >= 11 is 0. The molecule has 1 atom stereocenters. The second kappa shape index (κ2) is 10.8. The van der Waals surface area contributed by atoms with E-state index in [1.807, 2.05) is 58.9 Å². The van der Waals surface area contributed by atoms with Crippen LogP contribution < -0.4 is 0 Å². The molecular weight excluding hydrogens is 438 g/mol. The van der Waals surface area contributed by atoms with Crippen LogP contribution in [0.5, 0.6) is 0 Å². The minimum atomic E-state index is -3.66. The summed E-state index contributed by atoms with van der Waals surface area (Å²) in [6.45, 7) is 11.8. The Morgan fingerprint density at radius 2 is 1.97 bits per heavy atom. The van der Waals surface area contributed by atoms with Crippen LogP contribution in [0.3, 0.4) is 0 Å². The van der Waals surface area contributed by atoms with Gasteiger partial charge in [0.2, 0.25) is 20.9 Å². The number of carbonyl (C=O) groups is 1. The van der Waals surface area contributed by atoms with E-state index in [0.717, 1.165) is 36.3 Å². The van der Waals surface area contributed by atoms with E-state index in [2.05, 4.69) is 4.98 Å². The van der Waals surface area contributed by atoms with Crippen molar-refractivity contribution in [3.8, 4) is 0 Å². The van der Waals surface area contributed by atoms with Crippen molar-refractivity contribution >= 4 is 15.7 Å². The smallest absolute Gasteiger partial charge is 0.228 e. The van der Waals surface area contributed by atoms with Crippen molar-refractivity contribution in [1.29, 1.82) is 0 Å². The average molecular weight is 476 g/mol. The summed E-state index contributed by atoms with van der Waals surface area (Å²) in [5.74, 6) is 0.000658. The first kappa shape index (κ1) is 25.4. The minimum absolute atomic E-state index is 0.0263. The highest BCUT2D eigenvalue weighted by Crippen LogP contribution is 2.23. The van der Waals surface area contributed by atoms with Gasteiger partial charge in [0, 0.05) is 25.6 Å². The van der Waals surface area contributed by atoms with Gasteiger partial charge in [-0.05, 0) is 36.8 Å². The molecule has 2 heterocycles. The molecule has 0 saturated carbocycles. The number of sulfone groups is 1. The number of nitrogens with zero attached hydrogens (tertiary/aromatic N) is 3. The third-order valence-electron chi connectivity index (χ3n) is 5.94. The number of rotatable bonds is 10. The lowest BCUT2D eigenvalue weighted by Gasteiger charge is -2.28. The number of ether oxygens (including phenoxy) is 1. The zero-order valence-electron chi connectivity index (χ0n) is 20.5. The van der Waals surface area contributed by atoms with Crippen molar-refractivity contribution in [3.05, 3.63) is 47.3 Å². The highest BCUT2D eigenvalue weighted by molar-refractivity contribution is 7.90. The maximum absolute atomic E-state index is 13.4. The van der Waals surface area contributed by atoms with Gasteiger partial charge in [0.1, 0.15) is 0 Å². The van der Waals surface area contributed by atoms with Crippen LogP contribution in [0.15, 0.2) is 35.6 Å². The number of amides is 1. The molecule has 3 rings (SSSR count). The SMILES string of the molecule is Cc1ccccc1CS(=O)(=O)c1ncc(CN(C[C@@H]2CCCO2)C(=O)C(C)C)n1CC(C)C. The fraction of sp³-hybridized carbons (Fsp3) is 0.600. The van der Waals surface area contributed by atoms with Crippen LogP contribution >= 0.6 is 0 Å². The zero-order valence-corrected chi connectivity index (χ0v) is 21.3. The summed E-state index contributed by atoms with van der Waals surface area (Å²) in [6, 6.07) is 7.51. The fourth-order valence-electron chi connectivity index (χ4n) is 4.20. The Hall–Kier alpha value is -2.19. The quantitative estimate of drug-likeness (QED) is 0.519. The highest BCUT2D eigenvalue weighted by atomic mass is 32.2. The first-order valence-electron chi connectivity index (χ1n) is 11.8. The van der Waals surface area contributed by atoms with Crippen LogP contribution in [-0.4, -0.2) is 48.0 Å². The molecule has 33 heavy (non-hydrogen) atoms. The van der Waals surface area contributed by atoms with Gasteiger partial charge in [0.15, 0.2) is 0 Å². The molecule has 0 radical (unpaired) electrons. The summed E-state index contributed by atoms with van der Waals surface area (Å²) < 4.78 is 34.3. The Kier molecular flexibility index (Phi) is 8.34. The van der Waals surface area contributed by atoms with E-state index in [4.69, 9.17) is 4.74 Å². The van der Waals surface area contributed by atoms with Gasteiger partial charge in [-0.3, -0.25) is 4.79 Å². The average Bonchev–Trinajstić information content (AvgIpc) is 3.39. The number of hydrogen-bond donors (Lipinski definition) is 0. The van der Waals surface area contributed by atoms with Crippen LogP contribution in [0.1, 0.15) is 57.4 Å². The van der Waals surface area contributed by atoms with Gasteiger partial charge < -0.3 is 14.2 Å². The molecule has 0 unspecified atom stereocenters. The number of benzene rings is 1. The van der Waals surface area contributed by atoms with E-state index < -0.39 is 9.84 Å². The molecule has 1 aromatic carbocycles. The van der Waals surface area contributed by atoms with E-state index in [1.165, 1.54) is 0 Å². The summed E-state index contributed by atoms with van der Waals surface area (Å²) in [6.07, 6.45) is 3.58. The van der Waals surface area contributed by atoms with E-state index in [-0.39, 0.29) is 34.8 Å². The first-order chi connectivity index (χ1) is 15.6. The first-order valence-corrected chi connectivity index (χ1v) is 13.5. The maximum atomic E-state index is 13.4. The van der Waals surface area contributed by atoms with Crippen molar-refractivity contribution in [2.75, 3.05) is 13.2 Å². The normalized spacial score (nSPS) is 16.6. The van der Waals surface area contributed by atoms with Gasteiger partial charge in [-0.15, -0.1) is 0 Å². The van der Waals surface area contributed by atoms with Crippen molar-refractivity contribution < 1.29 is 17.9 Å². The lowest BCUT2D eigenvalue weighted by molar-refractivity contribution is -0.136. The monoisotopic (exact) mass is 475 g/mol. The second-order valence-electron chi connectivity index (χ2n) is 9.73. The number of aromatic nitrogens is 2. The molecule has 0 bridgehead atoms. The van der Waals surface area contributed by atoms with Gasteiger partial charge in [-0.1, -0.05) is 52.0 Å². The molecule has 1 saturated heterocycles.